The van der Waals surface area contributed by atoms with Gasteiger partial charge < -0.3 is 15.4 Å². The van der Waals surface area contributed by atoms with Crippen LogP contribution in [0.2, 0.25) is 0 Å². The van der Waals surface area contributed by atoms with Crippen LogP contribution in [0, 0.1) is 5.82 Å². The third-order valence-electron chi connectivity index (χ3n) is 3.83. The van der Waals surface area contributed by atoms with Crippen molar-refractivity contribution in [3.05, 3.63) is 40.7 Å². The predicted octanol–water partition coefficient (Wildman–Crippen LogP) is -0.752. The second kappa shape index (κ2) is 6.36. The van der Waals surface area contributed by atoms with Gasteiger partial charge in [-0.3, -0.25) is 19.0 Å². The number of fused-ring (bicyclic) bond motifs is 1. The Morgan fingerprint density at radius 2 is 2.21 bits per heavy atom. The SMILES string of the molecule is NC(=O)[C@H]1CN(C(=O)Cn2cnc3ccc(F)cc3c2=O)CCO1. The summed E-state index contributed by atoms with van der Waals surface area (Å²) < 4.78 is 19.6. The summed E-state index contributed by atoms with van der Waals surface area (Å²) in [4.78, 5) is 41.3. The average molecular weight is 334 g/mol. The Kier molecular flexibility index (Phi) is 4.26. The number of nitrogens with zero attached hydrogens (tertiary/aromatic N) is 3. The summed E-state index contributed by atoms with van der Waals surface area (Å²) >= 11 is 0. The molecule has 1 saturated heterocycles. The molecule has 2 heterocycles. The van der Waals surface area contributed by atoms with Crippen LogP contribution in [0.3, 0.4) is 0 Å². The molecule has 0 radical (unpaired) electrons. The highest BCUT2D eigenvalue weighted by molar-refractivity contribution is 5.82. The summed E-state index contributed by atoms with van der Waals surface area (Å²) in [7, 11) is 0. The van der Waals surface area contributed by atoms with Gasteiger partial charge in [0.1, 0.15) is 12.4 Å². The Hall–Kier alpha value is -2.81. The van der Waals surface area contributed by atoms with E-state index in [0.29, 0.717) is 12.1 Å². The van der Waals surface area contributed by atoms with Crippen molar-refractivity contribution in [3.8, 4) is 0 Å². The number of nitrogens with two attached hydrogens (primary N) is 1. The van der Waals surface area contributed by atoms with E-state index in [1.54, 1.807) is 0 Å². The number of ether oxygens (including phenoxy) is 1. The van der Waals surface area contributed by atoms with Gasteiger partial charge in [0.2, 0.25) is 11.8 Å². The number of primary amides is 1. The number of rotatable bonds is 3. The second-order valence-electron chi connectivity index (χ2n) is 5.44. The number of benzene rings is 1. The van der Waals surface area contributed by atoms with Gasteiger partial charge in [-0.1, -0.05) is 0 Å². The van der Waals surface area contributed by atoms with Gasteiger partial charge in [0.15, 0.2) is 6.10 Å². The summed E-state index contributed by atoms with van der Waals surface area (Å²) in [6.07, 6.45) is 0.384. The van der Waals surface area contributed by atoms with E-state index in [0.717, 1.165) is 10.6 Å². The maximum atomic E-state index is 13.3. The Morgan fingerprint density at radius 3 is 2.96 bits per heavy atom. The van der Waals surface area contributed by atoms with Gasteiger partial charge in [-0.25, -0.2) is 9.37 Å². The molecular formula is C15H15FN4O4. The normalized spacial score (nSPS) is 17.9. The van der Waals surface area contributed by atoms with E-state index in [4.69, 9.17) is 10.5 Å². The summed E-state index contributed by atoms with van der Waals surface area (Å²) in [6, 6.07) is 3.70. The van der Waals surface area contributed by atoms with Gasteiger partial charge in [0, 0.05) is 6.54 Å². The molecule has 0 aliphatic carbocycles. The first-order valence-corrected chi connectivity index (χ1v) is 7.29. The molecule has 3 rings (SSSR count). The molecule has 24 heavy (non-hydrogen) atoms. The van der Waals surface area contributed by atoms with E-state index in [1.165, 1.54) is 23.4 Å². The number of aromatic nitrogens is 2. The van der Waals surface area contributed by atoms with E-state index < -0.39 is 23.4 Å². The molecule has 1 aliphatic heterocycles. The summed E-state index contributed by atoms with van der Waals surface area (Å²) in [6.45, 7) is 0.269. The van der Waals surface area contributed by atoms with Gasteiger partial charge in [-0.15, -0.1) is 0 Å². The van der Waals surface area contributed by atoms with Crippen LogP contribution in [0.15, 0.2) is 29.3 Å². The number of amides is 2. The highest BCUT2D eigenvalue weighted by atomic mass is 19.1. The zero-order valence-corrected chi connectivity index (χ0v) is 12.6. The fraction of sp³-hybridized carbons (Fsp3) is 0.333. The topological polar surface area (TPSA) is 108 Å². The van der Waals surface area contributed by atoms with E-state index in [2.05, 4.69) is 4.98 Å². The van der Waals surface area contributed by atoms with Crippen LogP contribution >= 0.6 is 0 Å². The molecule has 0 saturated carbocycles. The number of hydrogen-bond donors (Lipinski definition) is 1. The molecule has 1 aliphatic rings. The number of halogens is 1. The first-order chi connectivity index (χ1) is 11.5. The molecule has 2 amide bonds. The quantitative estimate of drug-likeness (QED) is 0.794. The van der Waals surface area contributed by atoms with Crippen LogP contribution in [-0.2, 0) is 20.9 Å². The van der Waals surface area contributed by atoms with Gasteiger partial charge >= 0.3 is 0 Å². The molecule has 8 nitrogen and oxygen atoms in total. The van der Waals surface area contributed by atoms with Crippen molar-refractivity contribution < 1.29 is 18.7 Å². The van der Waals surface area contributed by atoms with E-state index in [9.17, 15) is 18.8 Å². The van der Waals surface area contributed by atoms with Gasteiger partial charge in [0.25, 0.3) is 5.56 Å². The standard InChI is InChI=1S/C15H15FN4O4/c16-9-1-2-11-10(5-9)15(23)20(8-18-11)7-13(21)19-3-4-24-12(6-19)14(17)22/h1-2,5,8,12H,3-4,6-7H2,(H2,17,22)/t12-/m1/s1. The zero-order chi connectivity index (χ0) is 17.3. The Balaban J connectivity index is 1.82. The summed E-state index contributed by atoms with van der Waals surface area (Å²) in [5, 5.41) is 0.0993. The Morgan fingerprint density at radius 1 is 1.42 bits per heavy atom. The van der Waals surface area contributed by atoms with Crippen LogP contribution in [0.25, 0.3) is 10.9 Å². The van der Waals surface area contributed by atoms with Crippen molar-refractivity contribution in [2.45, 2.75) is 12.6 Å². The lowest BCUT2D eigenvalue weighted by Gasteiger charge is -2.31. The average Bonchev–Trinajstić information content (AvgIpc) is 2.58. The Labute approximate surface area is 135 Å². The number of carbonyl (C=O) groups is 2. The zero-order valence-electron chi connectivity index (χ0n) is 12.6. The molecular weight excluding hydrogens is 319 g/mol. The molecule has 0 spiro atoms. The third kappa shape index (κ3) is 3.11. The number of hydrogen-bond acceptors (Lipinski definition) is 5. The third-order valence-corrected chi connectivity index (χ3v) is 3.83. The van der Waals surface area contributed by atoms with E-state index in [1.807, 2.05) is 0 Å². The minimum absolute atomic E-state index is 0.0402. The maximum Gasteiger partial charge on any atom is 0.261 e. The first-order valence-electron chi connectivity index (χ1n) is 7.29. The highest BCUT2D eigenvalue weighted by Gasteiger charge is 2.27. The number of morpholine rings is 1. The largest absolute Gasteiger partial charge is 0.367 e. The van der Waals surface area contributed by atoms with Crippen LogP contribution in [0.1, 0.15) is 0 Å². The van der Waals surface area contributed by atoms with Gasteiger partial charge in [0.05, 0.1) is 30.4 Å². The van der Waals surface area contributed by atoms with Crippen LogP contribution in [-0.4, -0.2) is 52.1 Å². The van der Waals surface area contributed by atoms with Crippen LogP contribution < -0.4 is 11.3 Å². The summed E-state index contributed by atoms with van der Waals surface area (Å²) in [5.41, 5.74) is 5.03. The monoisotopic (exact) mass is 334 g/mol. The minimum Gasteiger partial charge on any atom is -0.367 e. The second-order valence-corrected chi connectivity index (χ2v) is 5.44. The van der Waals surface area contributed by atoms with Crippen molar-refractivity contribution in [2.24, 2.45) is 5.73 Å². The lowest BCUT2D eigenvalue weighted by Crippen LogP contribution is -2.51. The minimum atomic E-state index is -0.858. The first kappa shape index (κ1) is 16.1. The lowest BCUT2D eigenvalue weighted by atomic mass is 10.2. The van der Waals surface area contributed by atoms with Crippen molar-refractivity contribution in [1.82, 2.24) is 14.5 Å². The Bertz CT molecular complexity index is 866. The van der Waals surface area contributed by atoms with Crippen LogP contribution in [0.5, 0.6) is 0 Å². The van der Waals surface area contributed by atoms with Crippen molar-refractivity contribution >= 4 is 22.7 Å². The fourth-order valence-corrected chi connectivity index (χ4v) is 2.54. The molecule has 0 unspecified atom stereocenters. The number of carbonyl (C=O) groups excluding carboxylic acids is 2. The van der Waals surface area contributed by atoms with E-state index >= 15 is 0 Å². The molecule has 9 heteroatoms. The molecule has 2 aromatic rings. The van der Waals surface area contributed by atoms with Crippen molar-refractivity contribution in [3.63, 3.8) is 0 Å². The molecule has 126 valence electrons. The lowest BCUT2D eigenvalue weighted by molar-refractivity contribution is -0.145. The highest BCUT2D eigenvalue weighted by Crippen LogP contribution is 2.09. The van der Waals surface area contributed by atoms with E-state index in [-0.39, 0.29) is 31.0 Å². The van der Waals surface area contributed by atoms with Gasteiger partial charge in [-0.05, 0) is 18.2 Å². The van der Waals surface area contributed by atoms with Crippen LogP contribution in [0.4, 0.5) is 4.39 Å². The fourth-order valence-electron chi connectivity index (χ4n) is 2.54. The molecule has 1 atom stereocenters. The summed E-state index contributed by atoms with van der Waals surface area (Å²) in [5.74, 6) is -1.57. The molecule has 1 fully saturated rings. The molecule has 2 N–H and O–H groups in total. The molecule has 1 aromatic heterocycles. The molecule has 0 bridgehead atoms. The van der Waals surface area contributed by atoms with Crippen molar-refractivity contribution in [1.29, 1.82) is 0 Å². The maximum absolute atomic E-state index is 13.3. The smallest absolute Gasteiger partial charge is 0.261 e. The van der Waals surface area contributed by atoms with Gasteiger partial charge in [-0.2, -0.15) is 0 Å². The molecule has 1 aromatic carbocycles. The van der Waals surface area contributed by atoms with Crippen molar-refractivity contribution in [2.75, 3.05) is 19.7 Å². The predicted molar refractivity (Wildman–Crippen MR) is 81.5 cm³/mol.